The SMILES string of the molecule is c1ccc(N2c3ccccc3B(c3cccc4c3oc3ccccc34)c3ccccc32)cc1. The molecule has 33 heavy (non-hydrogen) atoms. The van der Waals surface area contributed by atoms with Crippen LogP contribution in [-0.4, -0.2) is 6.71 Å². The minimum absolute atomic E-state index is 0.0848. The van der Waals surface area contributed by atoms with Crippen molar-refractivity contribution < 1.29 is 4.42 Å². The summed E-state index contributed by atoms with van der Waals surface area (Å²) in [5.41, 5.74) is 9.26. The molecule has 7 rings (SSSR count). The van der Waals surface area contributed by atoms with Gasteiger partial charge in [-0.1, -0.05) is 91.0 Å². The molecule has 0 radical (unpaired) electrons. The van der Waals surface area contributed by atoms with Crippen LogP contribution in [0.2, 0.25) is 0 Å². The quantitative estimate of drug-likeness (QED) is 0.324. The fraction of sp³-hybridized carbons (Fsp3) is 0. The lowest BCUT2D eigenvalue weighted by molar-refractivity contribution is 0.671. The number of benzene rings is 5. The Morgan fingerprint density at radius 1 is 0.485 bits per heavy atom. The average molecular weight is 421 g/mol. The second-order valence-electron chi connectivity index (χ2n) is 8.54. The predicted molar refractivity (Wildman–Crippen MR) is 140 cm³/mol. The van der Waals surface area contributed by atoms with Gasteiger partial charge in [-0.15, -0.1) is 0 Å². The smallest absolute Gasteiger partial charge is 0.251 e. The third kappa shape index (κ3) is 2.69. The monoisotopic (exact) mass is 421 g/mol. The molecule has 0 bridgehead atoms. The zero-order chi connectivity index (χ0) is 21.8. The summed E-state index contributed by atoms with van der Waals surface area (Å²) in [5, 5.41) is 2.33. The van der Waals surface area contributed by atoms with Crippen LogP contribution in [0.4, 0.5) is 17.1 Å². The Bertz CT molecular complexity index is 1590. The highest BCUT2D eigenvalue weighted by Gasteiger charge is 2.36. The molecule has 0 atom stereocenters. The van der Waals surface area contributed by atoms with Crippen molar-refractivity contribution in [2.45, 2.75) is 0 Å². The van der Waals surface area contributed by atoms with Crippen LogP contribution in [-0.2, 0) is 0 Å². The van der Waals surface area contributed by atoms with Crippen LogP contribution in [0.25, 0.3) is 21.9 Å². The van der Waals surface area contributed by atoms with Crippen LogP contribution >= 0.6 is 0 Å². The molecule has 6 aromatic rings. The van der Waals surface area contributed by atoms with E-state index in [4.69, 9.17) is 4.42 Å². The zero-order valence-corrected chi connectivity index (χ0v) is 18.0. The Kier molecular flexibility index (Phi) is 3.97. The number of rotatable bonds is 2. The van der Waals surface area contributed by atoms with Crippen LogP contribution in [0.5, 0.6) is 0 Å². The molecule has 154 valence electrons. The van der Waals surface area contributed by atoms with Gasteiger partial charge in [0, 0.05) is 27.8 Å². The van der Waals surface area contributed by atoms with Gasteiger partial charge >= 0.3 is 0 Å². The highest BCUT2D eigenvalue weighted by atomic mass is 16.3. The Hall–Kier alpha value is -4.24. The van der Waals surface area contributed by atoms with E-state index in [2.05, 4.69) is 120 Å². The number of fused-ring (bicyclic) bond motifs is 5. The molecule has 0 N–H and O–H groups in total. The summed E-state index contributed by atoms with van der Waals surface area (Å²) < 4.78 is 6.46. The van der Waals surface area contributed by atoms with Gasteiger partial charge in [-0.05, 0) is 46.7 Å². The van der Waals surface area contributed by atoms with Crippen molar-refractivity contribution in [3.05, 3.63) is 121 Å². The van der Waals surface area contributed by atoms with Crippen molar-refractivity contribution in [2.75, 3.05) is 4.90 Å². The van der Waals surface area contributed by atoms with Gasteiger partial charge in [0.05, 0.1) is 0 Å². The fourth-order valence-electron chi connectivity index (χ4n) is 5.35. The number of anilines is 3. The van der Waals surface area contributed by atoms with Gasteiger partial charge in [-0.3, -0.25) is 0 Å². The van der Waals surface area contributed by atoms with Gasteiger partial charge in [0.25, 0.3) is 6.71 Å². The Balaban J connectivity index is 1.54. The van der Waals surface area contributed by atoms with Crippen LogP contribution in [0.1, 0.15) is 0 Å². The van der Waals surface area contributed by atoms with Crippen molar-refractivity contribution in [3.63, 3.8) is 0 Å². The molecule has 0 unspecified atom stereocenters. The Morgan fingerprint density at radius 3 is 1.82 bits per heavy atom. The standard InChI is InChI=1S/C30H20BNO/c1-2-11-21(12-3-1)32-27-18-7-5-15-24(27)31(25-16-6-8-19-28(25)32)26-17-10-14-23-22-13-4-9-20-29(22)33-30(23)26/h1-20H. The second-order valence-corrected chi connectivity index (χ2v) is 8.54. The molecule has 0 saturated carbocycles. The Labute approximate surface area is 192 Å². The second kappa shape index (κ2) is 7.14. The van der Waals surface area contributed by atoms with E-state index in [1.54, 1.807) is 0 Å². The highest BCUT2D eigenvalue weighted by Crippen LogP contribution is 2.36. The number of nitrogens with zero attached hydrogens (tertiary/aromatic N) is 1. The van der Waals surface area contributed by atoms with Crippen molar-refractivity contribution in [1.29, 1.82) is 0 Å². The van der Waals surface area contributed by atoms with Crippen molar-refractivity contribution in [1.82, 2.24) is 0 Å². The van der Waals surface area contributed by atoms with E-state index >= 15 is 0 Å². The first kappa shape index (κ1) is 18.3. The lowest BCUT2D eigenvalue weighted by atomic mass is 9.35. The van der Waals surface area contributed by atoms with E-state index in [9.17, 15) is 0 Å². The molecule has 2 nitrogen and oxygen atoms in total. The maximum absolute atomic E-state index is 6.46. The first-order valence-electron chi connectivity index (χ1n) is 11.3. The van der Waals surface area contributed by atoms with E-state index in [1.807, 2.05) is 6.07 Å². The van der Waals surface area contributed by atoms with Gasteiger partial charge in [-0.2, -0.15) is 0 Å². The van der Waals surface area contributed by atoms with E-state index in [1.165, 1.54) is 33.1 Å². The zero-order valence-electron chi connectivity index (χ0n) is 18.0. The molecule has 1 aliphatic rings. The molecule has 0 fully saturated rings. The summed E-state index contributed by atoms with van der Waals surface area (Å²) in [5.74, 6) is 0. The van der Waals surface area contributed by atoms with Gasteiger partial charge in [0.1, 0.15) is 11.2 Å². The van der Waals surface area contributed by atoms with Crippen LogP contribution in [0, 0.1) is 0 Å². The summed E-state index contributed by atoms with van der Waals surface area (Å²) in [6.45, 7) is 0.0848. The Morgan fingerprint density at radius 2 is 1.06 bits per heavy atom. The molecule has 1 aliphatic heterocycles. The largest absolute Gasteiger partial charge is 0.457 e. The van der Waals surface area contributed by atoms with Gasteiger partial charge in [0.15, 0.2) is 0 Å². The topological polar surface area (TPSA) is 16.4 Å². The summed E-state index contributed by atoms with van der Waals surface area (Å²) in [7, 11) is 0. The normalized spacial score (nSPS) is 12.7. The average Bonchev–Trinajstić information content (AvgIpc) is 3.27. The van der Waals surface area contributed by atoms with Crippen molar-refractivity contribution in [3.8, 4) is 0 Å². The summed E-state index contributed by atoms with van der Waals surface area (Å²) in [6, 6.07) is 43.0. The van der Waals surface area contributed by atoms with Crippen molar-refractivity contribution >= 4 is 62.1 Å². The third-order valence-electron chi connectivity index (χ3n) is 6.74. The molecule has 1 aromatic heterocycles. The first-order valence-corrected chi connectivity index (χ1v) is 11.3. The first-order chi connectivity index (χ1) is 16.4. The van der Waals surface area contributed by atoms with Gasteiger partial charge in [-0.25, -0.2) is 0 Å². The number of hydrogen-bond donors (Lipinski definition) is 0. The van der Waals surface area contributed by atoms with Crippen molar-refractivity contribution in [2.24, 2.45) is 0 Å². The number of furan rings is 1. The summed E-state index contributed by atoms with van der Waals surface area (Å²) in [4.78, 5) is 2.37. The molecule has 0 amide bonds. The molecular weight excluding hydrogens is 401 g/mol. The van der Waals surface area contributed by atoms with Gasteiger partial charge in [0.2, 0.25) is 0 Å². The number of para-hydroxylation sites is 5. The van der Waals surface area contributed by atoms with Crippen LogP contribution in [0.3, 0.4) is 0 Å². The lowest BCUT2D eigenvalue weighted by Crippen LogP contribution is -2.57. The molecule has 0 aliphatic carbocycles. The van der Waals surface area contributed by atoms with E-state index < -0.39 is 0 Å². The van der Waals surface area contributed by atoms with E-state index in [0.29, 0.717) is 0 Å². The molecule has 0 saturated heterocycles. The molecule has 5 aromatic carbocycles. The van der Waals surface area contributed by atoms with Gasteiger partial charge < -0.3 is 9.32 Å². The van der Waals surface area contributed by atoms with Crippen LogP contribution in [0.15, 0.2) is 126 Å². The maximum atomic E-state index is 6.46. The molecule has 0 spiro atoms. The highest BCUT2D eigenvalue weighted by molar-refractivity contribution is 6.99. The molecule has 3 heteroatoms. The predicted octanol–water partition coefficient (Wildman–Crippen LogP) is 5.89. The van der Waals surface area contributed by atoms with E-state index in [-0.39, 0.29) is 6.71 Å². The summed E-state index contributed by atoms with van der Waals surface area (Å²) >= 11 is 0. The minimum atomic E-state index is 0.0848. The minimum Gasteiger partial charge on any atom is -0.457 e. The third-order valence-corrected chi connectivity index (χ3v) is 6.74. The van der Waals surface area contributed by atoms with Crippen LogP contribution < -0.4 is 21.3 Å². The fourth-order valence-corrected chi connectivity index (χ4v) is 5.35. The number of hydrogen-bond acceptors (Lipinski definition) is 2. The molecular formula is C30H20BNO. The van der Waals surface area contributed by atoms with E-state index in [0.717, 1.165) is 22.2 Å². The lowest BCUT2D eigenvalue weighted by Gasteiger charge is -2.36. The maximum Gasteiger partial charge on any atom is 0.251 e. The summed E-state index contributed by atoms with van der Waals surface area (Å²) in [6.07, 6.45) is 0. The molecule has 2 heterocycles.